The van der Waals surface area contributed by atoms with Gasteiger partial charge in [0.15, 0.2) is 0 Å². The number of nitrogens with one attached hydrogen (secondary N) is 2. The van der Waals surface area contributed by atoms with Crippen LogP contribution in [0.4, 0.5) is 4.79 Å². The van der Waals surface area contributed by atoms with Crippen molar-refractivity contribution in [3.05, 3.63) is 34.9 Å². The van der Waals surface area contributed by atoms with E-state index in [4.69, 9.17) is 11.6 Å². The number of halogens is 1. The molecule has 1 aliphatic heterocycles. The van der Waals surface area contributed by atoms with Crippen LogP contribution in [0.1, 0.15) is 32.8 Å². The van der Waals surface area contributed by atoms with Crippen molar-refractivity contribution in [1.29, 1.82) is 0 Å². The van der Waals surface area contributed by atoms with Crippen LogP contribution in [0.5, 0.6) is 0 Å². The van der Waals surface area contributed by atoms with Gasteiger partial charge in [0.25, 0.3) is 0 Å². The fourth-order valence-corrected chi connectivity index (χ4v) is 2.93. The molecule has 1 saturated heterocycles. The molecule has 0 bridgehead atoms. The van der Waals surface area contributed by atoms with Gasteiger partial charge in [0.1, 0.15) is 0 Å². The van der Waals surface area contributed by atoms with Crippen LogP contribution in [0.3, 0.4) is 0 Å². The van der Waals surface area contributed by atoms with E-state index in [1.54, 1.807) is 0 Å². The minimum Gasteiger partial charge on any atom is -0.338 e. The van der Waals surface area contributed by atoms with Crippen molar-refractivity contribution < 1.29 is 9.59 Å². The highest BCUT2D eigenvalue weighted by atomic mass is 35.5. The van der Waals surface area contributed by atoms with Crippen molar-refractivity contribution in [1.82, 2.24) is 15.5 Å². The van der Waals surface area contributed by atoms with E-state index in [-0.39, 0.29) is 23.5 Å². The summed E-state index contributed by atoms with van der Waals surface area (Å²) < 4.78 is 0. The predicted octanol–water partition coefficient (Wildman–Crippen LogP) is 2.58. The Kier molecular flexibility index (Phi) is 5.52. The first-order valence-electron chi connectivity index (χ1n) is 7.85. The maximum Gasteiger partial charge on any atom is 0.315 e. The first-order valence-corrected chi connectivity index (χ1v) is 8.23. The van der Waals surface area contributed by atoms with Gasteiger partial charge in [-0.3, -0.25) is 4.79 Å². The molecule has 2 rings (SSSR count). The zero-order chi connectivity index (χ0) is 17.0. The van der Waals surface area contributed by atoms with Crippen LogP contribution in [0.2, 0.25) is 5.02 Å². The van der Waals surface area contributed by atoms with E-state index in [1.165, 1.54) is 0 Å². The van der Waals surface area contributed by atoms with Gasteiger partial charge in [-0.25, -0.2) is 4.79 Å². The van der Waals surface area contributed by atoms with E-state index in [1.807, 2.05) is 49.9 Å². The number of carbonyl (C=O) groups is 2. The lowest BCUT2D eigenvalue weighted by atomic mass is 10.1. The third-order valence-corrected chi connectivity index (χ3v) is 4.28. The Morgan fingerprint density at radius 2 is 2.04 bits per heavy atom. The molecule has 1 aliphatic rings. The second-order valence-electron chi connectivity index (χ2n) is 6.82. The summed E-state index contributed by atoms with van der Waals surface area (Å²) >= 11 is 6.08. The summed E-state index contributed by atoms with van der Waals surface area (Å²) in [6, 6.07) is 7.20. The standard InChI is InChI=1S/C17H24ClN3O2/c1-17(2,3)21-11-13(10-15(21)22)20-16(23)19-9-8-12-6-4-5-7-14(12)18/h4-7,13H,8-11H2,1-3H3,(H2,19,20,23). The van der Waals surface area contributed by atoms with E-state index in [9.17, 15) is 9.59 Å². The number of hydrogen-bond acceptors (Lipinski definition) is 2. The fraction of sp³-hybridized carbons (Fsp3) is 0.529. The van der Waals surface area contributed by atoms with Crippen molar-refractivity contribution >= 4 is 23.5 Å². The molecular formula is C17H24ClN3O2. The molecule has 0 spiro atoms. The number of carbonyl (C=O) groups excluding carboxylic acids is 2. The summed E-state index contributed by atoms with van der Waals surface area (Å²) in [4.78, 5) is 25.7. The molecule has 3 amide bonds. The normalized spacial score (nSPS) is 18.2. The fourth-order valence-electron chi connectivity index (χ4n) is 2.70. The molecule has 1 aromatic rings. The predicted molar refractivity (Wildman–Crippen MR) is 91.6 cm³/mol. The quantitative estimate of drug-likeness (QED) is 0.887. The molecule has 2 N–H and O–H groups in total. The summed E-state index contributed by atoms with van der Waals surface area (Å²) in [5, 5.41) is 6.39. The lowest BCUT2D eigenvalue weighted by Crippen LogP contribution is -2.46. The number of hydrogen-bond donors (Lipinski definition) is 2. The van der Waals surface area contributed by atoms with Crippen LogP contribution in [0.15, 0.2) is 24.3 Å². The molecule has 1 atom stereocenters. The Morgan fingerprint density at radius 3 is 2.65 bits per heavy atom. The van der Waals surface area contributed by atoms with Gasteiger partial charge in [0, 0.05) is 30.1 Å². The summed E-state index contributed by atoms with van der Waals surface area (Å²) in [6.07, 6.45) is 1.03. The average molecular weight is 338 g/mol. The molecule has 0 aromatic heterocycles. The number of likely N-dealkylation sites (tertiary alicyclic amines) is 1. The maximum atomic E-state index is 12.0. The molecule has 1 unspecified atom stereocenters. The molecule has 0 saturated carbocycles. The number of benzene rings is 1. The number of urea groups is 1. The van der Waals surface area contributed by atoms with E-state index in [2.05, 4.69) is 10.6 Å². The summed E-state index contributed by atoms with van der Waals surface area (Å²) in [7, 11) is 0. The summed E-state index contributed by atoms with van der Waals surface area (Å²) in [6.45, 7) is 7.05. The number of rotatable bonds is 4. The SMILES string of the molecule is CC(C)(C)N1CC(NC(=O)NCCc2ccccc2Cl)CC1=O. The largest absolute Gasteiger partial charge is 0.338 e. The summed E-state index contributed by atoms with van der Waals surface area (Å²) in [5.74, 6) is 0.0823. The molecular weight excluding hydrogens is 314 g/mol. The third-order valence-electron chi connectivity index (χ3n) is 3.91. The molecule has 5 nitrogen and oxygen atoms in total. The Hall–Kier alpha value is -1.75. The monoisotopic (exact) mass is 337 g/mol. The Bertz CT molecular complexity index is 583. The Morgan fingerprint density at radius 1 is 1.35 bits per heavy atom. The van der Waals surface area contributed by atoms with Gasteiger partial charge in [0.05, 0.1) is 6.04 Å². The second kappa shape index (κ2) is 7.21. The average Bonchev–Trinajstić information content (AvgIpc) is 2.81. The lowest BCUT2D eigenvalue weighted by Gasteiger charge is -2.32. The molecule has 126 valence electrons. The van der Waals surface area contributed by atoms with Gasteiger partial charge in [0.2, 0.25) is 5.91 Å². The van der Waals surface area contributed by atoms with Crippen LogP contribution >= 0.6 is 11.6 Å². The lowest BCUT2D eigenvalue weighted by molar-refractivity contribution is -0.131. The van der Waals surface area contributed by atoms with Crippen molar-refractivity contribution in [3.8, 4) is 0 Å². The smallest absolute Gasteiger partial charge is 0.315 e. The highest BCUT2D eigenvalue weighted by molar-refractivity contribution is 6.31. The van der Waals surface area contributed by atoms with E-state index in [0.717, 1.165) is 5.56 Å². The van der Waals surface area contributed by atoms with Crippen molar-refractivity contribution in [2.45, 2.75) is 45.2 Å². The highest BCUT2D eigenvalue weighted by Crippen LogP contribution is 2.21. The van der Waals surface area contributed by atoms with Gasteiger partial charge in [-0.15, -0.1) is 0 Å². The Balaban J connectivity index is 1.76. The van der Waals surface area contributed by atoms with Crippen LogP contribution in [-0.4, -0.2) is 41.5 Å². The Labute approximate surface area is 142 Å². The minimum atomic E-state index is -0.245. The second-order valence-corrected chi connectivity index (χ2v) is 7.23. The number of nitrogens with zero attached hydrogens (tertiary/aromatic N) is 1. The first kappa shape index (κ1) is 17.6. The maximum absolute atomic E-state index is 12.0. The van der Waals surface area contributed by atoms with Crippen LogP contribution in [-0.2, 0) is 11.2 Å². The van der Waals surface area contributed by atoms with Crippen LogP contribution < -0.4 is 10.6 Å². The van der Waals surface area contributed by atoms with Crippen LogP contribution in [0, 0.1) is 0 Å². The van der Waals surface area contributed by atoms with Gasteiger partial charge in [-0.2, -0.15) is 0 Å². The zero-order valence-electron chi connectivity index (χ0n) is 13.9. The molecule has 1 aromatic carbocycles. The zero-order valence-corrected chi connectivity index (χ0v) is 14.6. The number of amides is 3. The summed E-state index contributed by atoms with van der Waals surface area (Å²) in [5.41, 5.74) is 0.790. The third kappa shape index (κ3) is 4.86. The molecule has 0 radical (unpaired) electrons. The topological polar surface area (TPSA) is 61.4 Å². The van der Waals surface area contributed by atoms with Gasteiger partial charge < -0.3 is 15.5 Å². The van der Waals surface area contributed by atoms with E-state index < -0.39 is 0 Å². The first-order chi connectivity index (χ1) is 10.8. The van der Waals surface area contributed by atoms with Crippen molar-refractivity contribution in [3.63, 3.8) is 0 Å². The van der Waals surface area contributed by atoms with Gasteiger partial charge in [-0.05, 0) is 38.8 Å². The molecule has 1 heterocycles. The van der Waals surface area contributed by atoms with Crippen LogP contribution in [0.25, 0.3) is 0 Å². The highest BCUT2D eigenvalue weighted by Gasteiger charge is 2.36. The minimum absolute atomic E-state index is 0.0823. The van der Waals surface area contributed by atoms with Crippen molar-refractivity contribution in [2.75, 3.05) is 13.1 Å². The molecule has 0 aliphatic carbocycles. The van der Waals surface area contributed by atoms with Crippen molar-refractivity contribution in [2.24, 2.45) is 0 Å². The van der Waals surface area contributed by atoms with E-state index >= 15 is 0 Å². The molecule has 6 heteroatoms. The molecule has 23 heavy (non-hydrogen) atoms. The van der Waals surface area contributed by atoms with E-state index in [0.29, 0.717) is 31.0 Å². The molecule has 1 fully saturated rings. The van der Waals surface area contributed by atoms with Gasteiger partial charge in [-0.1, -0.05) is 29.8 Å². The van der Waals surface area contributed by atoms with Gasteiger partial charge >= 0.3 is 6.03 Å².